The van der Waals surface area contributed by atoms with Crippen LogP contribution >= 0.6 is 11.6 Å². The van der Waals surface area contributed by atoms with Gasteiger partial charge in [-0.15, -0.1) is 0 Å². The van der Waals surface area contributed by atoms with Crippen LogP contribution in [-0.2, 0) is 11.3 Å². The molecular weight excluding hydrogens is 282 g/mol. The molecule has 104 valence electrons. The minimum Gasteiger partial charge on any atom is -0.324 e. The fourth-order valence-electron chi connectivity index (χ4n) is 1.66. The third-order valence-electron chi connectivity index (χ3n) is 2.75. The van der Waals surface area contributed by atoms with Crippen LogP contribution in [0.1, 0.15) is 5.56 Å². The van der Waals surface area contributed by atoms with Gasteiger partial charge in [0.15, 0.2) is 0 Å². The lowest BCUT2D eigenvalue weighted by molar-refractivity contribution is -0.116. The summed E-state index contributed by atoms with van der Waals surface area (Å²) >= 11 is 5.95. The molecule has 0 aliphatic carbocycles. The SMILES string of the molecule is Cc1c(Cl)cccc1NC(=O)Cn1ccc(=O)[nH]c1=O. The summed E-state index contributed by atoms with van der Waals surface area (Å²) in [5, 5.41) is 3.21. The molecule has 1 aromatic heterocycles. The van der Waals surface area contributed by atoms with Gasteiger partial charge in [-0.25, -0.2) is 4.79 Å². The van der Waals surface area contributed by atoms with E-state index in [9.17, 15) is 14.4 Å². The average molecular weight is 294 g/mol. The van der Waals surface area contributed by atoms with Crippen LogP contribution in [0, 0.1) is 6.92 Å². The van der Waals surface area contributed by atoms with Crippen molar-refractivity contribution in [3.8, 4) is 0 Å². The maximum Gasteiger partial charge on any atom is 0.328 e. The molecule has 1 amide bonds. The molecule has 0 unspecified atom stereocenters. The number of rotatable bonds is 3. The lowest BCUT2D eigenvalue weighted by Gasteiger charge is -2.10. The maximum atomic E-state index is 11.9. The summed E-state index contributed by atoms with van der Waals surface area (Å²) in [5.41, 5.74) is 0.198. The van der Waals surface area contributed by atoms with Gasteiger partial charge in [-0.3, -0.25) is 19.1 Å². The molecule has 0 aliphatic rings. The number of hydrogen-bond acceptors (Lipinski definition) is 3. The number of halogens is 1. The summed E-state index contributed by atoms with van der Waals surface area (Å²) in [6.45, 7) is 1.59. The van der Waals surface area contributed by atoms with Gasteiger partial charge in [0.25, 0.3) is 5.56 Å². The first-order valence-electron chi connectivity index (χ1n) is 5.82. The van der Waals surface area contributed by atoms with E-state index in [0.29, 0.717) is 10.7 Å². The minimum atomic E-state index is -0.629. The first-order valence-corrected chi connectivity index (χ1v) is 6.20. The van der Waals surface area contributed by atoms with E-state index in [0.717, 1.165) is 10.1 Å². The average Bonchev–Trinajstić information content (AvgIpc) is 2.38. The monoisotopic (exact) mass is 293 g/mol. The highest BCUT2D eigenvalue weighted by Crippen LogP contribution is 2.22. The second kappa shape index (κ2) is 5.75. The zero-order valence-electron chi connectivity index (χ0n) is 10.6. The van der Waals surface area contributed by atoms with Crippen molar-refractivity contribution < 1.29 is 4.79 Å². The third kappa shape index (κ3) is 3.16. The van der Waals surface area contributed by atoms with E-state index in [2.05, 4.69) is 10.3 Å². The topological polar surface area (TPSA) is 84.0 Å². The summed E-state index contributed by atoms with van der Waals surface area (Å²) in [5.74, 6) is -0.385. The highest BCUT2D eigenvalue weighted by atomic mass is 35.5. The molecular formula is C13H12ClN3O3. The second-order valence-electron chi connectivity index (χ2n) is 4.20. The normalized spacial score (nSPS) is 10.3. The number of H-pyrrole nitrogens is 1. The van der Waals surface area contributed by atoms with E-state index in [1.54, 1.807) is 25.1 Å². The Kier molecular flexibility index (Phi) is 4.05. The van der Waals surface area contributed by atoms with Gasteiger partial charge in [0.1, 0.15) is 6.54 Å². The van der Waals surface area contributed by atoms with Crippen LogP contribution in [-0.4, -0.2) is 15.5 Å². The number of nitrogens with zero attached hydrogens (tertiary/aromatic N) is 1. The van der Waals surface area contributed by atoms with E-state index in [1.165, 1.54) is 12.3 Å². The summed E-state index contributed by atoms with van der Waals surface area (Å²) in [4.78, 5) is 36.3. The van der Waals surface area contributed by atoms with Crippen LogP contribution in [0.3, 0.4) is 0 Å². The number of hydrogen-bond donors (Lipinski definition) is 2. The molecule has 6 nitrogen and oxygen atoms in total. The predicted octanol–water partition coefficient (Wildman–Crippen LogP) is 1.14. The Balaban J connectivity index is 2.15. The zero-order valence-corrected chi connectivity index (χ0v) is 11.4. The van der Waals surface area contributed by atoms with E-state index in [1.807, 2.05) is 0 Å². The van der Waals surface area contributed by atoms with Crippen LogP contribution in [0.4, 0.5) is 5.69 Å². The highest BCUT2D eigenvalue weighted by molar-refractivity contribution is 6.31. The molecule has 1 heterocycles. The van der Waals surface area contributed by atoms with Crippen molar-refractivity contribution in [2.45, 2.75) is 13.5 Å². The van der Waals surface area contributed by atoms with Gasteiger partial charge in [-0.05, 0) is 24.6 Å². The van der Waals surface area contributed by atoms with Crippen molar-refractivity contribution in [2.75, 3.05) is 5.32 Å². The molecule has 0 fully saturated rings. The number of carbonyl (C=O) groups is 1. The Bertz CT molecular complexity index is 764. The molecule has 2 rings (SSSR count). The van der Waals surface area contributed by atoms with Gasteiger partial charge in [0.2, 0.25) is 5.91 Å². The number of benzene rings is 1. The van der Waals surface area contributed by atoms with Crippen LogP contribution in [0.15, 0.2) is 40.1 Å². The fraction of sp³-hybridized carbons (Fsp3) is 0.154. The molecule has 0 spiro atoms. The predicted molar refractivity (Wildman–Crippen MR) is 76.1 cm³/mol. The Morgan fingerprint density at radius 2 is 2.10 bits per heavy atom. The number of nitrogens with one attached hydrogen (secondary N) is 2. The molecule has 0 saturated heterocycles. The van der Waals surface area contributed by atoms with Crippen molar-refractivity contribution in [3.63, 3.8) is 0 Å². The van der Waals surface area contributed by atoms with E-state index < -0.39 is 11.2 Å². The smallest absolute Gasteiger partial charge is 0.324 e. The Morgan fingerprint density at radius 3 is 2.80 bits per heavy atom. The van der Waals surface area contributed by atoms with Crippen molar-refractivity contribution >= 4 is 23.2 Å². The molecule has 20 heavy (non-hydrogen) atoms. The molecule has 0 aliphatic heterocycles. The molecule has 2 N–H and O–H groups in total. The first-order chi connectivity index (χ1) is 9.47. The molecule has 0 saturated carbocycles. The highest BCUT2D eigenvalue weighted by Gasteiger charge is 2.08. The lowest BCUT2D eigenvalue weighted by atomic mass is 10.2. The van der Waals surface area contributed by atoms with Gasteiger partial charge in [0, 0.05) is 23.0 Å². The fourth-order valence-corrected chi connectivity index (χ4v) is 1.83. The zero-order chi connectivity index (χ0) is 14.7. The van der Waals surface area contributed by atoms with Gasteiger partial charge in [0.05, 0.1) is 0 Å². The maximum absolute atomic E-state index is 11.9. The molecule has 0 radical (unpaired) electrons. The third-order valence-corrected chi connectivity index (χ3v) is 3.16. The first kappa shape index (κ1) is 14.1. The molecule has 2 aromatic rings. The van der Waals surface area contributed by atoms with E-state index in [-0.39, 0.29) is 12.5 Å². The number of aromatic amines is 1. The van der Waals surface area contributed by atoms with Crippen LogP contribution in [0.5, 0.6) is 0 Å². The quantitative estimate of drug-likeness (QED) is 0.890. The standard InChI is InChI=1S/C13H12ClN3O3/c1-8-9(14)3-2-4-10(8)15-12(19)7-17-6-5-11(18)16-13(17)20/h2-6H,7H2,1H3,(H,15,19)(H,16,18,20). The van der Waals surface area contributed by atoms with E-state index >= 15 is 0 Å². The molecule has 7 heteroatoms. The second-order valence-corrected chi connectivity index (χ2v) is 4.61. The van der Waals surface area contributed by atoms with E-state index in [4.69, 9.17) is 11.6 Å². The number of carbonyl (C=O) groups excluding carboxylic acids is 1. The Hall–Kier alpha value is -2.34. The lowest BCUT2D eigenvalue weighted by Crippen LogP contribution is -2.32. The summed E-state index contributed by atoms with van der Waals surface area (Å²) < 4.78 is 1.11. The number of anilines is 1. The molecule has 1 aromatic carbocycles. The molecule has 0 atom stereocenters. The van der Waals surface area contributed by atoms with Crippen molar-refractivity contribution in [1.82, 2.24) is 9.55 Å². The molecule has 0 bridgehead atoms. The van der Waals surface area contributed by atoms with Crippen LogP contribution in [0.2, 0.25) is 5.02 Å². The Labute approximate surface area is 119 Å². The Morgan fingerprint density at radius 1 is 1.35 bits per heavy atom. The largest absolute Gasteiger partial charge is 0.328 e. The van der Waals surface area contributed by atoms with Crippen LogP contribution < -0.4 is 16.6 Å². The van der Waals surface area contributed by atoms with Crippen molar-refractivity contribution in [2.24, 2.45) is 0 Å². The summed E-state index contributed by atoms with van der Waals surface area (Å²) in [6, 6.07) is 6.34. The van der Waals surface area contributed by atoms with Crippen molar-refractivity contribution in [1.29, 1.82) is 0 Å². The van der Waals surface area contributed by atoms with Gasteiger partial charge in [-0.1, -0.05) is 17.7 Å². The van der Waals surface area contributed by atoms with Gasteiger partial charge < -0.3 is 5.32 Å². The summed E-state index contributed by atoms with van der Waals surface area (Å²) in [7, 11) is 0. The number of aromatic nitrogens is 2. The minimum absolute atomic E-state index is 0.193. The summed E-state index contributed by atoms with van der Waals surface area (Å²) in [6.07, 6.45) is 1.27. The van der Waals surface area contributed by atoms with Gasteiger partial charge in [-0.2, -0.15) is 0 Å². The van der Waals surface area contributed by atoms with Gasteiger partial charge >= 0.3 is 5.69 Å². The van der Waals surface area contributed by atoms with Crippen molar-refractivity contribution in [3.05, 3.63) is 61.9 Å². The number of amides is 1. The van der Waals surface area contributed by atoms with Crippen LogP contribution in [0.25, 0.3) is 0 Å².